The van der Waals surface area contributed by atoms with Crippen molar-refractivity contribution in [2.45, 2.75) is 39.2 Å². The molecule has 3 nitrogen and oxygen atoms in total. The summed E-state index contributed by atoms with van der Waals surface area (Å²) in [4.78, 5) is 11.1. The zero-order chi connectivity index (χ0) is 10.3. The number of ether oxygens (including phenoxy) is 1. The Hall–Kier alpha value is -0.830. The van der Waals surface area contributed by atoms with Crippen LogP contribution in [0.1, 0.15) is 33.1 Å². The van der Waals surface area contributed by atoms with Crippen molar-refractivity contribution in [2.75, 3.05) is 6.61 Å². The van der Waals surface area contributed by atoms with E-state index < -0.39 is 12.1 Å². The molecule has 13 heavy (non-hydrogen) atoms. The van der Waals surface area contributed by atoms with Crippen LogP contribution in [-0.4, -0.2) is 23.8 Å². The van der Waals surface area contributed by atoms with E-state index in [0.29, 0.717) is 13.0 Å². The second kappa shape index (κ2) is 6.66. The van der Waals surface area contributed by atoms with Gasteiger partial charge in [-0.3, -0.25) is 0 Å². The van der Waals surface area contributed by atoms with Gasteiger partial charge >= 0.3 is 5.97 Å². The first-order valence-corrected chi connectivity index (χ1v) is 4.67. The molecule has 0 saturated carbocycles. The van der Waals surface area contributed by atoms with Crippen molar-refractivity contribution in [3.63, 3.8) is 0 Å². The number of aliphatic hydroxyl groups is 1. The maximum atomic E-state index is 11.1. The molecule has 0 spiro atoms. The lowest BCUT2D eigenvalue weighted by Gasteiger charge is -2.10. The maximum Gasteiger partial charge on any atom is 0.336 e. The number of unbranched alkanes of at least 4 members (excludes halogenated alkanes) is 1. The van der Waals surface area contributed by atoms with E-state index in [1.165, 1.54) is 0 Å². The van der Waals surface area contributed by atoms with Gasteiger partial charge in [-0.05, 0) is 12.8 Å². The van der Waals surface area contributed by atoms with Crippen molar-refractivity contribution < 1.29 is 14.6 Å². The smallest absolute Gasteiger partial charge is 0.336 e. The molecule has 0 saturated heterocycles. The van der Waals surface area contributed by atoms with E-state index in [9.17, 15) is 9.90 Å². The van der Waals surface area contributed by atoms with Gasteiger partial charge in [-0.15, -0.1) is 0 Å². The summed E-state index contributed by atoms with van der Waals surface area (Å²) >= 11 is 0. The fourth-order valence-corrected chi connectivity index (χ4v) is 0.784. The SMILES string of the molecule is C=C(C(=O)OCCCC)C(O)CC. The molecule has 0 aliphatic carbocycles. The number of hydrogen-bond acceptors (Lipinski definition) is 3. The minimum absolute atomic E-state index is 0.151. The zero-order valence-corrected chi connectivity index (χ0v) is 8.38. The highest BCUT2D eigenvalue weighted by Crippen LogP contribution is 2.06. The third-order valence-electron chi connectivity index (χ3n) is 1.78. The zero-order valence-electron chi connectivity index (χ0n) is 8.38. The third kappa shape index (κ3) is 4.68. The molecule has 0 aliphatic heterocycles. The van der Waals surface area contributed by atoms with Gasteiger partial charge in [0, 0.05) is 0 Å². The van der Waals surface area contributed by atoms with E-state index in [2.05, 4.69) is 6.58 Å². The van der Waals surface area contributed by atoms with E-state index in [1.54, 1.807) is 6.92 Å². The molecule has 0 rings (SSSR count). The number of aliphatic hydroxyl groups excluding tert-OH is 1. The molecule has 1 N–H and O–H groups in total. The minimum atomic E-state index is -0.769. The molecule has 1 atom stereocenters. The number of hydrogen-bond donors (Lipinski definition) is 1. The Bertz CT molecular complexity index is 175. The van der Waals surface area contributed by atoms with Gasteiger partial charge in [0.2, 0.25) is 0 Å². The summed E-state index contributed by atoms with van der Waals surface area (Å²) in [5, 5.41) is 9.25. The van der Waals surface area contributed by atoms with E-state index in [4.69, 9.17) is 4.74 Å². The fourth-order valence-electron chi connectivity index (χ4n) is 0.784. The van der Waals surface area contributed by atoms with Crippen molar-refractivity contribution in [3.05, 3.63) is 12.2 Å². The quantitative estimate of drug-likeness (QED) is 0.390. The van der Waals surface area contributed by atoms with Crippen molar-refractivity contribution in [1.82, 2.24) is 0 Å². The van der Waals surface area contributed by atoms with Gasteiger partial charge in [-0.2, -0.15) is 0 Å². The van der Waals surface area contributed by atoms with Crippen molar-refractivity contribution >= 4 is 5.97 Å². The van der Waals surface area contributed by atoms with Crippen LogP contribution in [-0.2, 0) is 9.53 Å². The summed E-state index contributed by atoms with van der Waals surface area (Å²) in [5.41, 5.74) is 0.151. The van der Waals surface area contributed by atoms with Crippen LogP contribution in [0.2, 0.25) is 0 Å². The van der Waals surface area contributed by atoms with E-state index in [-0.39, 0.29) is 5.57 Å². The van der Waals surface area contributed by atoms with Gasteiger partial charge in [0.1, 0.15) is 0 Å². The van der Waals surface area contributed by atoms with Crippen LogP contribution in [0.5, 0.6) is 0 Å². The van der Waals surface area contributed by atoms with Gasteiger partial charge in [0.15, 0.2) is 0 Å². The monoisotopic (exact) mass is 186 g/mol. The van der Waals surface area contributed by atoms with Crippen LogP contribution in [0.15, 0.2) is 12.2 Å². The summed E-state index contributed by atoms with van der Waals surface area (Å²) in [5.74, 6) is -0.484. The standard InChI is InChI=1S/C10H18O3/c1-4-6-7-13-10(12)8(3)9(11)5-2/h9,11H,3-7H2,1-2H3. The van der Waals surface area contributed by atoms with Gasteiger partial charge in [0.25, 0.3) is 0 Å². The lowest BCUT2D eigenvalue weighted by Crippen LogP contribution is -2.18. The predicted molar refractivity (Wildman–Crippen MR) is 51.3 cm³/mol. The molecule has 1 unspecified atom stereocenters. The lowest BCUT2D eigenvalue weighted by molar-refractivity contribution is -0.140. The summed E-state index contributed by atoms with van der Waals surface area (Å²) in [6.45, 7) is 7.69. The normalized spacial score (nSPS) is 12.2. The van der Waals surface area contributed by atoms with Crippen molar-refractivity contribution in [3.8, 4) is 0 Å². The summed E-state index contributed by atoms with van der Waals surface area (Å²) < 4.78 is 4.87. The Balaban J connectivity index is 3.76. The number of carbonyl (C=O) groups excluding carboxylic acids is 1. The molecule has 0 aromatic rings. The van der Waals surface area contributed by atoms with Gasteiger partial charge in [-0.25, -0.2) is 4.79 Å². The third-order valence-corrected chi connectivity index (χ3v) is 1.78. The van der Waals surface area contributed by atoms with E-state index in [1.807, 2.05) is 6.92 Å². The number of carbonyl (C=O) groups is 1. The molecule has 0 heterocycles. The second-order valence-corrected chi connectivity index (χ2v) is 2.94. The highest BCUT2D eigenvalue weighted by Gasteiger charge is 2.15. The fraction of sp³-hybridized carbons (Fsp3) is 0.700. The highest BCUT2D eigenvalue weighted by molar-refractivity contribution is 5.88. The molecule has 3 heteroatoms. The first-order valence-electron chi connectivity index (χ1n) is 4.67. The van der Waals surface area contributed by atoms with Crippen molar-refractivity contribution in [2.24, 2.45) is 0 Å². The Morgan fingerprint density at radius 3 is 2.62 bits per heavy atom. The Labute approximate surface area is 79.4 Å². The molecular weight excluding hydrogens is 168 g/mol. The average molecular weight is 186 g/mol. The lowest BCUT2D eigenvalue weighted by atomic mass is 10.1. The second-order valence-electron chi connectivity index (χ2n) is 2.94. The van der Waals surface area contributed by atoms with Gasteiger partial charge < -0.3 is 9.84 Å². The molecule has 0 amide bonds. The molecule has 76 valence electrons. The average Bonchev–Trinajstić information content (AvgIpc) is 2.15. The summed E-state index contributed by atoms with van der Waals surface area (Å²) in [7, 11) is 0. The topological polar surface area (TPSA) is 46.5 Å². The van der Waals surface area contributed by atoms with Gasteiger partial charge in [-0.1, -0.05) is 26.8 Å². The van der Waals surface area contributed by atoms with Crippen LogP contribution >= 0.6 is 0 Å². The Kier molecular flexibility index (Phi) is 6.24. The predicted octanol–water partition coefficient (Wildman–Crippen LogP) is 1.66. The van der Waals surface area contributed by atoms with Crippen LogP contribution < -0.4 is 0 Å². The largest absolute Gasteiger partial charge is 0.462 e. The van der Waals surface area contributed by atoms with Crippen LogP contribution in [0.4, 0.5) is 0 Å². The molecule has 0 aromatic carbocycles. The highest BCUT2D eigenvalue weighted by atomic mass is 16.5. The molecule has 0 aromatic heterocycles. The first kappa shape index (κ1) is 12.2. The van der Waals surface area contributed by atoms with Crippen LogP contribution in [0.3, 0.4) is 0 Å². The minimum Gasteiger partial charge on any atom is -0.462 e. The van der Waals surface area contributed by atoms with E-state index >= 15 is 0 Å². The maximum absolute atomic E-state index is 11.1. The first-order chi connectivity index (χ1) is 6.13. The summed E-state index contributed by atoms with van der Waals surface area (Å²) in [6.07, 6.45) is 1.55. The van der Waals surface area contributed by atoms with Crippen LogP contribution in [0, 0.1) is 0 Å². The summed E-state index contributed by atoms with van der Waals surface area (Å²) in [6, 6.07) is 0. The molecule has 0 aliphatic rings. The molecule has 0 bridgehead atoms. The molecular formula is C10H18O3. The molecule has 0 radical (unpaired) electrons. The van der Waals surface area contributed by atoms with Crippen LogP contribution in [0.25, 0.3) is 0 Å². The van der Waals surface area contributed by atoms with E-state index in [0.717, 1.165) is 12.8 Å². The Morgan fingerprint density at radius 1 is 1.54 bits per heavy atom. The Morgan fingerprint density at radius 2 is 2.15 bits per heavy atom. The number of esters is 1. The molecule has 0 fully saturated rings. The van der Waals surface area contributed by atoms with Gasteiger partial charge in [0.05, 0.1) is 18.3 Å². The number of rotatable bonds is 6. The van der Waals surface area contributed by atoms with Crippen molar-refractivity contribution in [1.29, 1.82) is 0 Å².